The Morgan fingerprint density at radius 3 is 2.33 bits per heavy atom. The highest BCUT2D eigenvalue weighted by molar-refractivity contribution is 7.90. The molecule has 0 amide bonds. The normalized spacial score (nSPS) is 11.3. The highest BCUT2D eigenvalue weighted by Gasteiger charge is 2.05. The van der Waals surface area contributed by atoms with Crippen LogP contribution in [0, 0.1) is 0 Å². The van der Waals surface area contributed by atoms with E-state index in [1.54, 1.807) is 24.3 Å². The highest BCUT2D eigenvalue weighted by Crippen LogP contribution is 2.13. The van der Waals surface area contributed by atoms with Crippen molar-refractivity contribution in [2.75, 3.05) is 23.9 Å². The molecule has 0 fully saturated rings. The minimum atomic E-state index is -3.08. The summed E-state index contributed by atoms with van der Waals surface area (Å²) in [6, 6.07) is 6.76. The van der Waals surface area contributed by atoms with Gasteiger partial charge in [-0.2, -0.15) is 12.6 Å². The van der Waals surface area contributed by atoms with Crippen LogP contribution in [0.3, 0.4) is 0 Å². The smallest absolute Gasteiger partial charge is 0.175 e. The van der Waals surface area contributed by atoms with Gasteiger partial charge in [0.25, 0.3) is 0 Å². The summed E-state index contributed by atoms with van der Waals surface area (Å²) >= 11 is 4.10. The monoisotopic (exact) mass is 245 g/mol. The summed E-state index contributed by atoms with van der Waals surface area (Å²) in [7, 11) is -3.08. The molecule has 5 heteroatoms. The quantitative estimate of drug-likeness (QED) is 0.614. The molecule has 0 spiro atoms. The minimum Gasteiger partial charge on any atom is -0.385 e. The average molecular weight is 245 g/mol. The molecule has 0 aromatic heterocycles. The zero-order chi connectivity index (χ0) is 11.3. The van der Waals surface area contributed by atoms with Crippen molar-refractivity contribution in [3.8, 4) is 0 Å². The lowest BCUT2D eigenvalue weighted by Gasteiger charge is -2.05. The van der Waals surface area contributed by atoms with Gasteiger partial charge in [0.05, 0.1) is 4.90 Å². The van der Waals surface area contributed by atoms with Gasteiger partial charge in [-0.15, -0.1) is 0 Å². The lowest BCUT2D eigenvalue weighted by molar-refractivity contribution is 0.602. The van der Waals surface area contributed by atoms with Crippen molar-refractivity contribution in [1.29, 1.82) is 0 Å². The molecule has 1 aromatic carbocycles. The van der Waals surface area contributed by atoms with E-state index in [1.807, 2.05) is 0 Å². The molecule has 15 heavy (non-hydrogen) atoms. The minimum absolute atomic E-state index is 0.349. The second-order valence-electron chi connectivity index (χ2n) is 3.30. The van der Waals surface area contributed by atoms with Crippen molar-refractivity contribution < 1.29 is 8.42 Å². The zero-order valence-corrected chi connectivity index (χ0v) is 10.3. The molecule has 3 nitrogen and oxygen atoms in total. The highest BCUT2D eigenvalue weighted by atomic mass is 32.2. The van der Waals surface area contributed by atoms with Crippen LogP contribution in [0.25, 0.3) is 0 Å². The van der Waals surface area contributed by atoms with Gasteiger partial charge in [-0.3, -0.25) is 0 Å². The second-order valence-corrected chi connectivity index (χ2v) is 5.76. The Bertz CT molecular complexity index is 398. The lowest BCUT2D eigenvalue weighted by Crippen LogP contribution is -2.02. The van der Waals surface area contributed by atoms with Gasteiger partial charge in [-0.25, -0.2) is 8.42 Å². The summed E-state index contributed by atoms with van der Waals surface area (Å²) in [5, 5.41) is 3.18. The van der Waals surface area contributed by atoms with Crippen LogP contribution < -0.4 is 5.32 Å². The van der Waals surface area contributed by atoms with Crippen LogP contribution >= 0.6 is 12.6 Å². The second kappa shape index (κ2) is 5.42. The van der Waals surface area contributed by atoms with Crippen LogP contribution in [-0.4, -0.2) is 27.0 Å². The van der Waals surface area contributed by atoms with Crippen LogP contribution in [0.1, 0.15) is 6.42 Å². The van der Waals surface area contributed by atoms with Crippen LogP contribution in [0.2, 0.25) is 0 Å². The van der Waals surface area contributed by atoms with Crippen molar-refractivity contribution >= 4 is 28.2 Å². The number of benzene rings is 1. The standard InChI is InChI=1S/C10H15NO2S2/c1-15(12,13)10-5-3-9(4-6-10)11-7-2-8-14/h3-6,11,14H,2,7-8H2,1H3. The number of anilines is 1. The van der Waals surface area contributed by atoms with Crippen LogP contribution in [-0.2, 0) is 9.84 Å². The molecule has 0 radical (unpaired) electrons. The summed E-state index contributed by atoms with van der Waals surface area (Å²) in [5.41, 5.74) is 0.934. The Morgan fingerprint density at radius 2 is 1.87 bits per heavy atom. The SMILES string of the molecule is CS(=O)(=O)c1ccc(NCCCS)cc1. The first-order chi connectivity index (χ1) is 7.04. The lowest BCUT2D eigenvalue weighted by atomic mass is 10.3. The molecular weight excluding hydrogens is 230 g/mol. The summed E-state index contributed by atoms with van der Waals surface area (Å²) in [4.78, 5) is 0.349. The summed E-state index contributed by atoms with van der Waals surface area (Å²) in [5.74, 6) is 0.842. The number of hydrogen-bond acceptors (Lipinski definition) is 4. The van der Waals surface area contributed by atoms with Crippen molar-refractivity contribution in [1.82, 2.24) is 0 Å². The molecule has 0 heterocycles. The fraction of sp³-hybridized carbons (Fsp3) is 0.400. The third-order valence-corrected chi connectivity index (χ3v) is 3.39. The maximum atomic E-state index is 11.2. The van der Waals surface area contributed by atoms with Crippen molar-refractivity contribution in [3.63, 3.8) is 0 Å². The molecule has 1 rings (SSSR count). The first-order valence-corrected chi connectivity index (χ1v) is 7.21. The maximum Gasteiger partial charge on any atom is 0.175 e. The van der Waals surface area contributed by atoms with E-state index in [0.29, 0.717) is 4.90 Å². The summed E-state index contributed by atoms with van der Waals surface area (Å²) in [6.07, 6.45) is 2.19. The Labute approximate surface area is 96.2 Å². The van der Waals surface area contributed by atoms with Crippen molar-refractivity contribution in [3.05, 3.63) is 24.3 Å². The van der Waals surface area contributed by atoms with Gasteiger partial charge in [0.1, 0.15) is 0 Å². The Balaban J connectivity index is 2.65. The Kier molecular flexibility index (Phi) is 4.47. The average Bonchev–Trinajstić information content (AvgIpc) is 2.18. The molecule has 1 aromatic rings. The van der Waals surface area contributed by atoms with Crippen LogP contribution in [0.15, 0.2) is 29.2 Å². The fourth-order valence-electron chi connectivity index (χ4n) is 1.13. The fourth-order valence-corrected chi connectivity index (χ4v) is 1.92. The molecule has 0 atom stereocenters. The van der Waals surface area contributed by atoms with E-state index in [-0.39, 0.29) is 0 Å². The van der Waals surface area contributed by atoms with Gasteiger partial charge in [-0.1, -0.05) is 0 Å². The molecule has 1 N–H and O–H groups in total. The molecule has 0 unspecified atom stereocenters. The first-order valence-electron chi connectivity index (χ1n) is 4.69. The van der Waals surface area contributed by atoms with E-state index in [4.69, 9.17) is 0 Å². The molecule has 0 saturated carbocycles. The molecule has 0 aliphatic rings. The molecule has 0 bridgehead atoms. The molecule has 84 valence electrons. The third-order valence-electron chi connectivity index (χ3n) is 1.95. The van der Waals surface area contributed by atoms with Gasteiger partial charge in [0.2, 0.25) is 0 Å². The van der Waals surface area contributed by atoms with E-state index in [0.717, 1.165) is 24.4 Å². The first kappa shape index (κ1) is 12.4. The molecular formula is C10H15NO2S2. The van der Waals surface area contributed by atoms with Gasteiger partial charge < -0.3 is 5.32 Å². The van der Waals surface area contributed by atoms with E-state index >= 15 is 0 Å². The van der Waals surface area contributed by atoms with E-state index in [2.05, 4.69) is 17.9 Å². The third kappa shape index (κ3) is 4.13. The number of nitrogens with one attached hydrogen (secondary N) is 1. The number of thiol groups is 1. The van der Waals surface area contributed by atoms with Gasteiger partial charge in [0.15, 0.2) is 9.84 Å². The van der Waals surface area contributed by atoms with E-state index < -0.39 is 9.84 Å². The van der Waals surface area contributed by atoms with Gasteiger partial charge >= 0.3 is 0 Å². The maximum absolute atomic E-state index is 11.2. The Hall–Kier alpha value is -0.680. The Morgan fingerprint density at radius 1 is 1.27 bits per heavy atom. The molecule has 0 aliphatic heterocycles. The number of rotatable bonds is 5. The van der Waals surface area contributed by atoms with Gasteiger partial charge in [-0.05, 0) is 36.4 Å². The predicted molar refractivity (Wildman–Crippen MR) is 66.5 cm³/mol. The van der Waals surface area contributed by atoms with Crippen molar-refractivity contribution in [2.45, 2.75) is 11.3 Å². The van der Waals surface area contributed by atoms with Crippen molar-refractivity contribution in [2.24, 2.45) is 0 Å². The summed E-state index contributed by atoms with van der Waals surface area (Å²) in [6.45, 7) is 0.849. The van der Waals surface area contributed by atoms with E-state index in [1.165, 1.54) is 6.26 Å². The molecule has 0 aliphatic carbocycles. The van der Waals surface area contributed by atoms with Gasteiger partial charge in [0, 0.05) is 18.5 Å². The van der Waals surface area contributed by atoms with Crippen LogP contribution in [0.5, 0.6) is 0 Å². The topological polar surface area (TPSA) is 46.2 Å². The van der Waals surface area contributed by atoms with Crippen LogP contribution in [0.4, 0.5) is 5.69 Å². The zero-order valence-electron chi connectivity index (χ0n) is 8.60. The number of hydrogen-bond donors (Lipinski definition) is 2. The summed E-state index contributed by atoms with van der Waals surface area (Å²) < 4.78 is 22.3. The number of sulfone groups is 1. The van der Waals surface area contributed by atoms with E-state index in [9.17, 15) is 8.42 Å². The predicted octanol–water partition coefficient (Wildman–Crippen LogP) is 1.82. The largest absolute Gasteiger partial charge is 0.385 e. The molecule has 0 saturated heterocycles.